The van der Waals surface area contributed by atoms with Crippen LogP contribution >= 0.6 is 10.7 Å². The van der Waals surface area contributed by atoms with Gasteiger partial charge in [0.25, 0.3) is 9.05 Å². The van der Waals surface area contributed by atoms with Gasteiger partial charge in [0.05, 0.1) is 4.90 Å². The molecule has 6 heteroatoms. The van der Waals surface area contributed by atoms with Gasteiger partial charge in [-0.1, -0.05) is 19.1 Å². The van der Waals surface area contributed by atoms with E-state index < -0.39 is 9.05 Å². The van der Waals surface area contributed by atoms with Crippen LogP contribution in [0.1, 0.15) is 44.6 Å². The number of nitrogens with one attached hydrogen (secondary N) is 1. The fourth-order valence-electron chi connectivity index (χ4n) is 2.61. The minimum absolute atomic E-state index is 0.0215. The molecule has 1 aromatic carbocycles. The highest BCUT2D eigenvalue weighted by atomic mass is 35.7. The predicted octanol–water partition coefficient (Wildman–Crippen LogP) is 3.00. The molecule has 1 amide bonds. The summed E-state index contributed by atoms with van der Waals surface area (Å²) in [6.07, 6.45) is 5.29. The van der Waals surface area contributed by atoms with Gasteiger partial charge in [0.15, 0.2) is 0 Å². The van der Waals surface area contributed by atoms with Crippen molar-refractivity contribution < 1.29 is 13.2 Å². The molecule has 21 heavy (non-hydrogen) atoms. The maximum absolute atomic E-state index is 12.0. The molecule has 1 N–H and O–H groups in total. The molecule has 0 spiro atoms. The first-order valence-electron chi connectivity index (χ1n) is 7.19. The van der Waals surface area contributed by atoms with Gasteiger partial charge in [-0.2, -0.15) is 0 Å². The van der Waals surface area contributed by atoms with Crippen LogP contribution in [-0.2, 0) is 20.3 Å². The Balaban J connectivity index is 1.87. The second kappa shape index (κ2) is 6.36. The first kappa shape index (κ1) is 16.3. The van der Waals surface area contributed by atoms with Crippen molar-refractivity contribution in [3.05, 3.63) is 29.8 Å². The fraction of sp³-hybridized carbons (Fsp3) is 0.533. The molecule has 1 aliphatic carbocycles. The number of hydrogen-bond acceptors (Lipinski definition) is 3. The molecule has 0 aromatic heterocycles. The topological polar surface area (TPSA) is 63.2 Å². The molecule has 4 nitrogen and oxygen atoms in total. The Bertz CT molecular complexity index is 601. The van der Waals surface area contributed by atoms with Gasteiger partial charge in [-0.25, -0.2) is 8.42 Å². The molecular weight excluding hydrogens is 310 g/mol. The van der Waals surface area contributed by atoms with Crippen molar-refractivity contribution >= 4 is 25.6 Å². The summed E-state index contributed by atoms with van der Waals surface area (Å²) in [5, 5.41) is 3.13. The van der Waals surface area contributed by atoms with Crippen LogP contribution in [0.4, 0.5) is 0 Å². The first-order chi connectivity index (χ1) is 9.85. The summed E-state index contributed by atoms with van der Waals surface area (Å²) >= 11 is 0. The molecule has 0 aliphatic heterocycles. The lowest BCUT2D eigenvalue weighted by molar-refractivity contribution is -0.124. The number of halogens is 1. The Morgan fingerprint density at radius 3 is 2.33 bits per heavy atom. The van der Waals surface area contributed by atoms with E-state index in [-0.39, 0.29) is 16.3 Å². The highest BCUT2D eigenvalue weighted by Crippen LogP contribution is 2.34. The summed E-state index contributed by atoms with van der Waals surface area (Å²) in [6.45, 7) is 2.10. The van der Waals surface area contributed by atoms with E-state index >= 15 is 0 Å². The van der Waals surface area contributed by atoms with Crippen LogP contribution in [0.3, 0.4) is 0 Å². The number of carbonyl (C=O) groups is 1. The number of hydrogen-bond donors (Lipinski definition) is 1. The Kier molecular flexibility index (Phi) is 4.94. The summed E-state index contributed by atoms with van der Waals surface area (Å²) < 4.78 is 22.3. The summed E-state index contributed by atoms with van der Waals surface area (Å²) in [4.78, 5) is 12.1. The van der Waals surface area contributed by atoms with Gasteiger partial charge in [0.2, 0.25) is 5.91 Å². The average molecular weight is 330 g/mol. The van der Waals surface area contributed by atoms with Crippen LogP contribution in [0, 0.1) is 0 Å². The molecule has 1 aliphatic rings. The zero-order valence-electron chi connectivity index (χ0n) is 12.1. The van der Waals surface area contributed by atoms with Crippen molar-refractivity contribution in [3.63, 3.8) is 0 Å². The van der Waals surface area contributed by atoms with Gasteiger partial charge in [0.1, 0.15) is 0 Å². The van der Waals surface area contributed by atoms with Crippen molar-refractivity contribution in [1.82, 2.24) is 5.32 Å². The largest absolute Gasteiger partial charge is 0.351 e. The predicted molar refractivity (Wildman–Crippen MR) is 82.8 cm³/mol. The van der Waals surface area contributed by atoms with Crippen molar-refractivity contribution in [2.45, 2.75) is 55.9 Å². The summed E-state index contributed by atoms with van der Waals surface area (Å²) in [5.41, 5.74) is 0.946. The molecule has 0 unspecified atom stereocenters. The van der Waals surface area contributed by atoms with Crippen LogP contribution in [0.2, 0.25) is 0 Å². The minimum Gasteiger partial charge on any atom is -0.351 e. The molecule has 1 fully saturated rings. The van der Waals surface area contributed by atoms with E-state index in [9.17, 15) is 13.2 Å². The number of aryl methyl sites for hydroxylation is 1. The Hall–Kier alpha value is -1.07. The molecule has 116 valence electrons. The average Bonchev–Trinajstić information content (AvgIpc) is 2.40. The zero-order valence-corrected chi connectivity index (χ0v) is 13.6. The molecule has 0 radical (unpaired) electrons. The molecule has 1 aromatic rings. The summed E-state index contributed by atoms with van der Waals surface area (Å²) in [6, 6.07) is 6.33. The number of carbonyl (C=O) groups excluding carboxylic acids is 1. The standard InChI is InChI=1S/C15H20ClNO3S/c1-2-15(10-3-11-15)17-14(18)9-6-12-4-7-13(8-5-12)21(16,19)20/h4-5,7-8H,2-3,6,9-11H2,1H3,(H,17,18). The fourth-order valence-corrected chi connectivity index (χ4v) is 3.38. The maximum atomic E-state index is 12.0. The van der Waals surface area contributed by atoms with Crippen molar-refractivity contribution in [2.75, 3.05) is 0 Å². The van der Waals surface area contributed by atoms with Gasteiger partial charge in [-0.15, -0.1) is 0 Å². The van der Waals surface area contributed by atoms with E-state index in [1.165, 1.54) is 18.6 Å². The van der Waals surface area contributed by atoms with E-state index in [4.69, 9.17) is 10.7 Å². The lowest BCUT2D eigenvalue weighted by Crippen LogP contribution is -2.53. The van der Waals surface area contributed by atoms with Crippen molar-refractivity contribution in [2.24, 2.45) is 0 Å². The number of amides is 1. The second-order valence-corrected chi connectivity index (χ2v) is 8.18. The summed E-state index contributed by atoms with van der Waals surface area (Å²) in [5.74, 6) is 0.0607. The highest BCUT2D eigenvalue weighted by molar-refractivity contribution is 8.13. The van der Waals surface area contributed by atoms with Gasteiger partial charge in [-0.3, -0.25) is 4.79 Å². The molecule has 1 saturated carbocycles. The third kappa shape index (κ3) is 4.20. The molecule has 2 rings (SSSR count). The van der Waals surface area contributed by atoms with Crippen LogP contribution in [0.15, 0.2) is 29.2 Å². The number of rotatable bonds is 6. The second-order valence-electron chi connectivity index (χ2n) is 5.62. The maximum Gasteiger partial charge on any atom is 0.261 e. The van der Waals surface area contributed by atoms with Gasteiger partial charge in [-0.05, 0) is 49.8 Å². The third-order valence-electron chi connectivity index (χ3n) is 4.24. The van der Waals surface area contributed by atoms with Gasteiger partial charge < -0.3 is 5.32 Å². The Morgan fingerprint density at radius 1 is 1.29 bits per heavy atom. The van der Waals surface area contributed by atoms with E-state index in [0.717, 1.165) is 24.8 Å². The smallest absolute Gasteiger partial charge is 0.261 e. The van der Waals surface area contributed by atoms with E-state index in [0.29, 0.717) is 12.8 Å². The lowest BCUT2D eigenvalue weighted by atomic mass is 9.75. The van der Waals surface area contributed by atoms with E-state index in [1.807, 2.05) is 0 Å². The molecule has 0 atom stereocenters. The van der Waals surface area contributed by atoms with Gasteiger partial charge in [0, 0.05) is 22.6 Å². The lowest BCUT2D eigenvalue weighted by Gasteiger charge is -2.42. The monoisotopic (exact) mass is 329 g/mol. The van der Waals surface area contributed by atoms with Crippen LogP contribution in [-0.4, -0.2) is 19.9 Å². The first-order valence-corrected chi connectivity index (χ1v) is 9.50. The number of benzene rings is 1. The molecule has 0 bridgehead atoms. The molecule has 0 heterocycles. The Morgan fingerprint density at radius 2 is 1.90 bits per heavy atom. The van der Waals surface area contributed by atoms with Crippen LogP contribution < -0.4 is 5.32 Å². The van der Waals surface area contributed by atoms with Crippen molar-refractivity contribution in [1.29, 1.82) is 0 Å². The quantitative estimate of drug-likeness (QED) is 0.816. The minimum atomic E-state index is -3.68. The normalized spacial score (nSPS) is 17.0. The molecule has 0 saturated heterocycles. The van der Waals surface area contributed by atoms with Crippen LogP contribution in [0.25, 0.3) is 0 Å². The zero-order chi connectivity index (χ0) is 15.5. The SMILES string of the molecule is CCC1(NC(=O)CCc2ccc(S(=O)(=O)Cl)cc2)CCC1. The van der Waals surface area contributed by atoms with Gasteiger partial charge >= 0.3 is 0 Å². The van der Waals surface area contributed by atoms with E-state index in [2.05, 4.69) is 12.2 Å². The highest BCUT2D eigenvalue weighted by Gasteiger charge is 2.36. The van der Waals surface area contributed by atoms with Crippen molar-refractivity contribution in [3.8, 4) is 0 Å². The van der Waals surface area contributed by atoms with Crippen LogP contribution in [0.5, 0.6) is 0 Å². The third-order valence-corrected chi connectivity index (χ3v) is 5.61. The Labute approximate surface area is 130 Å². The molecular formula is C15H20ClNO3S. The summed E-state index contributed by atoms with van der Waals surface area (Å²) in [7, 11) is 1.58. The van der Waals surface area contributed by atoms with E-state index in [1.54, 1.807) is 12.1 Å².